The number of benzene rings is 1. The van der Waals surface area contributed by atoms with Gasteiger partial charge in [-0.1, -0.05) is 6.07 Å². The number of rotatable bonds is 5. The molecular weight excluding hydrogens is 271 g/mol. The molecule has 0 fully saturated rings. The molecule has 0 unspecified atom stereocenters. The Balaban J connectivity index is 2.14. The van der Waals surface area contributed by atoms with Gasteiger partial charge in [-0.3, -0.25) is 4.98 Å². The zero-order valence-electron chi connectivity index (χ0n) is 10.3. The van der Waals surface area contributed by atoms with E-state index in [1.165, 1.54) is 0 Å². The van der Waals surface area contributed by atoms with Gasteiger partial charge in [-0.05, 0) is 11.6 Å². The third kappa shape index (κ3) is 3.53. The number of hydrogen-bond donors (Lipinski definition) is 2. The van der Waals surface area contributed by atoms with Gasteiger partial charge in [0.1, 0.15) is 0 Å². The van der Waals surface area contributed by atoms with Crippen molar-refractivity contribution in [3.8, 4) is 5.75 Å². The van der Waals surface area contributed by atoms with Crippen molar-refractivity contribution >= 4 is 11.4 Å². The van der Waals surface area contributed by atoms with Gasteiger partial charge in [-0.2, -0.15) is 8.78 Å². The lowest BCUT2D eigenvalue weighted by Crippen LogP contribution is -2.07. The lowest BCUT2D eigenvalue weighted by atomic mass is 10.2. The van der Waals surface area contributed by atoms with E-state index in [2.05, 4.69) is 15.0 Å². The maximum absolute atomic E-state index is 13.4. The predicted octanol–water partition coefficient (Wildman–Crippen LogP) is 3.02. The predicted molar refractivity (Wildman–Crippen MR) is 69.0 cm³/mol. The maximum atomic E-state index is 13.4. The lowest BCUT2D eigenvalue weighted by Gasteiger charge is -2.12. The fraction of sp³-hybridized carbons (Fsp3) is 0.154. The summed E-state index contributed by atoms with van der Waals surface area (Å²) >= 11 is 0. The standard InChI is InChI=1S/C13H12F3N3O/c14-9-4-10(17)11(5-12(9)20-13(15)16)19-7-8-2-1-3-18-6-8/h1-6,13,19H,7,17H2. The molecule has 0 bridgehead atoms. The molecule has 2 rings (SSSR count). The number of anilines is 2. The molecule has 0 amide bonds. The number of aromatic nitrogens is 1. The van der Waals surface area contributed by atoms with Crippen molar-refractivity contribution in [2.45, 2.75) is 13.2 Å². The van der Waals surface area contributed by atoms with E-state index in [9.17, 15) is 13.2 Å². The van der Waals surface area contributed by atoms with Gasteiger partial charge in [0, 0.05) is 31.1 Å². The number of nitrogen functional groups attached to an aromatic ring is 1. The number of ether oxygens (including phenoxy) is 1. The lowest BCUT2D eigenvalue weighted by molar-refractivity contribution is -0.0521. The third-order valence-corrected chi connectivity index (χ3v) is 2.53. The minimum absolute atomic E-state index is 0.105. The molecule has 0 spiro atoms. The Labute approximate surface area is 113 Å². The molecule has 0 radical (unpaired) electrons. The minimum Gasteiger partial charge on any atom is -0.432 e. The summed E-state index contributed by atoms with van der Waals surface area (Å²) in [5.41, 5.74) is 6.91. The highest BCUT2D eigenvalue weighted by molar-refractivity contribution is 5.68. The molecule has 1 heterocycles. The summed E-state index contributed by atoms with van der Waals surface area (Å²) in [6.07, 6.45) is 3.27. The van der Waals surface area contributed by atoms with Crippen LogP contribution in [0.25, 0.3) is 0 Å². The number of nitrogens with zero attached hydrogens (tertiary/aromatic N) is 1. The monoisotopic (exact) mass is 283 g/mol. The molecule has 3 N–H and O–H groups in total. The van der Waals surface area contributed by atoms with E-state index < -0.39 is 18.2 Å². The second kappa shape index (κ2) is 6.14. The smallest absolute Gasteiger partial charge is 0.387 e. The van der Waals surface area contributed by atoms with Gasteiger partial charge in [0.05, 0.1) is 11.4 Å². The Bertz CT molecular complexity index is 579. The molecule has 0 atom stereocenters. The quantitative estimate of drug-likeness (QED) is 0.828. The van der Waals surface area contributed by atoms with Crippen LogP contribution in [-0.2, 0) is 6.54 Å². The normalized spacial score (nSPS) is 10.6. The van der Waals surface area contributed by atoms with Crippen LogP contribution in [0.3, 0.4) is 0 Å². The van der Waals surface area contributed by atoms with Crippen LogP contribution in [0.1, 0.15) is 5.56 Å². The first-order valence-corrected chi connectivity index (χ1v) is 5.73. The van der Waals surface area contributed by atoms with E-state index >= 15 is 0 Å². The van der Waals surface area contributed by atoms with Crippen molar-refractivity contribution in [1.29, 1.82) is 0 Å². The second-order valence-corrected chi connectivity index (χ2v) is 3.96. The van der Waals surface area contributed by atoms with Gasteiger partial charge in [0.25, 0.3) is 0 Å². The zero-order chi connectivity index (χ0) is 14.5. The Hall–Kier alpha value is -2.44. The first-order chi connectivity index (χ1) is 9.56. The van der Waals surface area contributed by atoms with Gasteiger partial charge in [0.15, 0.2) is 11.6 Å². The second-order valence-electron chi connectivity index (χ2n) is 3.96. The molecule has 2 aromatic rings. The molecule has 0 saturated carbocycles. The van der Waals surface area contributed by atoms with E-state index in [0.717, 1.165) is 17.7 Å². The minimum atomic E-state index is -3.10. The van der Waals surface area contributed by atoms with Crippen molar-refractivity contribution in [3.05, 3.63) is 48.0 Å². The summed E-state index contributed by atoms with van der Waals surface area (Å²) < 4.78 is 41.7. The van der Waals surface area contributed by atoms with Crippen LogP contribution in [0, 0.1) is 5.82 Å². The van der Waals surface area contributed by atoms with E-state index in [1.54, 1.807) is 18.5 Å². The summed E-state index contributed by atoms with van der Waals surface area (Å²) in [7, 11) is 0. The molecule has 1 aromatic carbocycles. The number of alkyl halides is 2. The van der Waals surface area contributed by atoms with Gasteiger partial charge < -0.3 is 15.8 Å². The molecule has 1 aromatic heterocycles. The van der Waals surface area contributed by atoms with Gasteiger partial charge in [0.2, 0.25) is 0 Å². The third-order valence-electron chi connectivity index (χ3n) is 2.53. The molecule has 0 aliphatic heterocycles. The fourth-order valence-electron chi connectivity index (χ4n) is 1.61. The van der Waals surface area contributed by atoms with E-state index in [4.69, 9.17) is 5.73 Å². The van der Waals surface area contributed by atoms with Gasteiger partial charge in [-0.15, -0.1) is 0 Å². The summed E-state index contributed by atoms with van der Waals surface area (Å²) in [6.45, 7) is -2.73. The van der Waals surface area contributed by atoms with Crippen LogP contribution >= 0.6 is 0 Å². The molecule has 20 heavy (non-hydrogen) atoms. The molecule has 0 aliphatic rings. The van der Waals surface area contributed by atoms with Crippen molar-refractivity contribution in [2.75, 3.05) is 11.1 Å². The number of pyridine rings is 1. The Morgan fingerprint density at radius 3 is 2.80 bits per heavy atom. The first-order valence-electron chi connectivity index (χ1n) is 5.73. The maximum Gasteiger partial charge on any atom is 0.387 e. The highest BCUT2D eigenvalue weighted by atomic mass is 19.3. The Morgan fingerprint density at radius 2 is 2.15 bits per heavy atom. The highest BCUT2D eigenvalue weighted by Crippen LogP contribution is 2.29. The molecule has 106 valence electrons. The topological polar surface area (TPSA) is 60.2 Å². The highest BCUT2D eigenvalue weighted by Gasteiger charge is 2.13. The summed E-state index contributed by atoms with van der Waals surface area (Å²) in [5, 5.41) is 2.91. The van der Waals surface area contributed by atoms with Crippen LogP contribution in [0.4, 0.5) is 24.5 Å². The average Bonchev–Trinajstić information content (AvgIpc) is 2.41. The van der Waals surface area contributed by atoms with Crippen LogP contribution in [-0.4, -0.2) is 11.6 Å². The number of nitrogens with two attached hydrogens (primary N) is 1. The summed E-state index contributed by atoms with van der Waals surface area (Å²) in [5.74, 6) is -1.49. The van der Waals surface area contributed by atoms with Gasteiger partial charge >= 0.3 is 6.61 Å². The van der Waals surface area contributed by atoms with Gasteiger partial charge in [-0.25, -0.2) is 4.39 Å². The largest absolute Gasteiger partial charge is 0.432 e. The fourth-order valence-corrected chi connectivity index (χ4v) is 1.61. The molecule has 0 aliphatic carbocycles. The van der Waals surface area contributed by atoms with Crippen LogP contribution in [0.2, 0.25) is 0 Å². The van der Waals surface area contributed by atoms with Crippen LogP contribution < -0.4 is 15.8 Å². The number of nitrogens with one attached hydrogen (secondary N) is 1. The summed E-state index contributed by atoms with van der Waals surface area (Å²) in [6, 6.07) is 5.63. The van der Waals surface area contributed by atoms with Crippen molar-refractivity contribution in [2.24, 2.45) is 0 Å². The zero-order valence-corrected chi connectivity index (χ0v) is 10.3. The van der Waals surface area contributed by atoms with E-state index in [-0.39, 0.29) is 5.69 Å². The molecule has 7 heteroatoms. The van der Waals surface area contributed by atoms with Crippen molar-refractivity contribution in [3.63, 3.8) is 0 Å². The SMILES string of the molecule is Nc1cc(F)c(OC(F)F)cc1NCc1cccnc1. The first kappa shape index (κ1) is 14.0. The number of hydrogen-bond acceptors (Lipinski definition) is 4. The van der Waals surface area contributed by atoms with Crippen LogP contribution in [0.5, 0.6) is 5.75 Å². The summed E-state index contributed by atoms with van der Waals surface area (Å²) in [4.78, 5) is 3.94. The van der Waals surface area contributed by atoms with Crippen LogP contribution in [0.15, 0.2) is 36.7 Å². The van der Waals surface area contributed by atoms with Crippen molar-refractivity contribution in [1.82, 2.24) is 4.98 Å². The van der Waals surface area contributed by atoms with E-state index in [1.807, 2.05) is 6.07 Å². The Morgan fingerprint density at radius 1 is 1.35 bits per heavy atom. The number of halogens is 3. The Kier molecular flexibility index (Phi) is 4.29. The van der Waals surface area contributed by atoms with E-state index in [0.29, 0.717) is 12.2 Å². The van der Waals surface area contributed by atoms with Crippen molar-refractivity contribution < 1.29 is 17.9 Å². The molecular formula is C13H12F3N3O. The molecule has 0 saturated heterocycles. The average molecular weight is 283 g/mol. The molecule has 4 nitrogen and oxygen atoms in total.